The number of nitrogens with one attached hydrogen (secondary N) is 1. The number of hydrogen-bond donors (Lipinski definition) is 1. The molecule has 0 saturated carbocycles. The molecule has 0 aliphatic carbocycles. The monoisotopic (exact) mass is 587 g/mol. The summed E-state index contributed by atoms with van der Waals surface area (Å²) in [5, 5.41) is 0.888. The molecule has 5 heterocycles. The van der Waals surface area contributed by atoms with Crippen LogP contribution in [0.3, 0.4) is 0 Å². The summed E-state index contributed by atoms with van der Waals surface area (Å²) < 4.78 is 20.1. The summed E-state index contributed by atoms with van der Waals surface area (Å²) in [6.45, 7) is 5.67. The van der Waals surface area contributed by atoms with Gasteiger partial charge in [-0.3, -0.25) is 4.98 Å². The second-order valence-electron chi connectivity index (χ2n) is 11.7. The lowest BCUT2D eigenvalue weighted by molar-refractivity contribution is -0.00556. The second kappa shape index (κ2) is 11.7. The van der Waals surface area contributed by atoms with Crippen LogP contribution in [0.15, 0.2) is 48.9 Å². The van der Waals surface area contributed by atoms with E-state index in [9.17, 15) is 9.18 Å². The highest BCUT2D eigenvalue weighted by Gasteiger charge is 2.38. The van der Waals surface area contributed by atoms with Gasteiger partial charge < -0.3 is 14.6 Å². The second-order valence-corrected chi connectivity index (χ2v) is 12.8. The van der Waals surface area contributed by atoms with Crippen LogP contribution in [0.5, 0.6) is 0 Å². The number of ether oxygens (including phenoxy) is 1. The third-order valence-electron chi connectivity index (χ3n) is 7.49. The van der Waals surface area contributed by atoms with E-state index in [0.29, 0.717) is 31.4 Å². The van der Waals surface area contributed by atoms with Crippen LogP contribution in [0, 0.1) is 5.82 Å². The Hall–Kier alpha value is -3.99. The summed E-state index contributed by atoms with van der Waals surface area (Å²) in [7, 11) is 0. The number of pyridine rings is 1. The van der Waals surface area contributed by atoms with E-state index in [1.165, 1.54) is 23.7 Å². The number of likely N-dealkylation sites (tertiary alicyclic amines) is 1. The maximum atomic E-state index is 14.1. The van der Waals surface area contributed by atoms with Gasteiger partial charge in [0, 0.05) is 31.1 Å². The fourth-order valence-electron chi connectivity index (χ4n) is 5.66. The number of imidazole rings is 1. The molecule has 1 aliphatic heterocycles. The van der Waals surface area contributed by atoms with Crippen molar-refractivity contribution in [3.63, 3.8) is 0 Å². The van der Waals surface area contributed by atoms with Crippen molar-refractivity contribution in [2.75, 3.05) is 0 Å². The maximum Gasteiger partial charge on any atom is 0.410 e. The molecule has 11 heteroatoms. The first-order valence-corrected chi connectivity index (χ1v) is 15.2. The summed E-state index contributed by atoms with van der Waals surface area (Å²) in [6, 6.07) is 10.8. The zero-order valence-corrected chi connectivity index (χ0v) is 24.8. The van der Waals surface area contributed by atoms with E-state index in [0.717, 1.165) is 57.2 Å². The first kappa shape index (κ1) is 28.1. The number of fused-ring (bicyclic) bond motifs is 2. The van der Waals surface area contributed by atoms with Gasteiger partial charge in [0.1, 0.15) is 33.9 Å². The molecular formula is C31H34FN7O2S. The number of aryl methyl sites for hydroxylation is 2. The molecule has 6 rings (SSSR count). The van der Waals surface area contributed by atoms with Crippen molar-refractivity contribution in [3.8, 4) is 0 Å². The molecule has 1 aliphatic rings. The van der Waals surface area contributed by atoms with E-state index >= 15 is 0 Å². The molecule has 1 fully saturated rings. The number of benzene rings is 1. The molecule has 1 aromatic carbocycles. The minimum absolute atomic E-state index is 0.0582. The third-order valence-corrected chi connectivity index (χ3v) is 8.48. The molecule has 0 radical (unpaired) electrons. The molecule has 4 aromatic heterocycles. The Bertz CT molecular complexity index is 1680. The Morgan fingerprint density at radius 2 is 1.81 bits per heavy atom. The SMILES string of the molecule is CC(C)(C)OC(=O)N1C(Cc2nc3ccccc3[nH]2)CCCC1Cc1nc2c(CCc3ncccc3F)ncnc2s1. The van der Waals surface area contributed by atoms with E-state index in [1.54, 1.807) is 12.3 Å². The van der Waals surface area contributed by atoms with Crippen molar-refractivity contribution in [2.24, 2.45) is 0 Å². The highest BCUT2D eigenvalue weighted by Crippen LogP contribution is 2.32. The minimum atomic E-state index is -0.615. The average molecular weight is 588 g/mol. The van der Waals surface area contributed by atoms with Gasteiger partial charge in [-0.25, -0.2) is 29.1 Å². The number of carbonyl (C=O) groups is 1. The Labute approximate surface area is 247 Å². The third kappa shape index (κ3) is 6.25. The van der Waals surface area contributed by atoms with E-state index in [2.05, 4.69) is 19.9 Å². The van der Waals surface area contributed by atoms with Crippen LogP contribution >= 0.6 is 11.3 Å². The van der Waals surface area contributed by atoms with Gasteiger partial charge in [-0.15, -0.1) is 0 Å². The lowest BCUT2D eigenvalue weighted by Gasteiger charge is -2.42. The summed E-state index contributed by atoms with van der Waals surface area (Å²) >= 11 is 1.52. The predicted molar refractivity (Wildman–Crippen MR) is 160 cm³/mol. The number of amides is 1. The highest BCUT2D eigenvalue weighted by atomic mass is 32.1. The smallest absolute Gasteiger partial charge is 0.410 e. The number of rotatable bonds is 7. The van der Waals surface area contributed by atoms with Crippen molar-refractivity contribution in [1.29, 1.82) is 0 Å². The fraction of sp³-hybridized carbons (Fsp3) is 0.419. The molecule has 5 aromatic rings. The minimum Gasteiger partial charge on any atom is -0.444 e. The van der Waals surface area contributed by atoms with Gasteiger partial charge in [0.15, 0.2) is 0 Å². The maximum absolute atomic E-state index is 14.1. The molecule has 1 N–H and O–H groups in total. The number of para-hydroxylation sites is 2. The Morgan fingerprint density at radius 3 is 2.60 bits per heavy atom. The molecule has 2 atom stereocenters. The number of aromatic amines is 1. The quantitative estimate of drug-likeness (QED) is 0.241. The molecular weight excluding hydrogens is 553 g/mol. The van der Waals surface area contributed by atoms with Crippen LogP contribution in [0.4, 0.5) is 9.18 Å². The van der Waals surface area contributed by atoms with Crippen molar-refractivity contribution in [3.05, 3.63) is 77.0 Å². The van der Waals surface area contributed by atoms with E-state index in [4.69, 9.17) is 14.7 Å². The van der Waals surface area contributed by atoms with Gasteiger partial charge in [-0.2, -0.15) is 0 Å². The van der Waals surface area contributed by atoms with Crippen LogP contribution in [-0.2, 0) is 30.4 Å². The van der Waals surface area contributed by atoms with E-state index in [-0.39, 0.29) is 24.0 Å². The number of halogens is 1. The van der Waals surface area contributed by atoms with Crippen LogP contribution < -0.4 is 0 Å². The lowest BCUT2D eigenvalue weighted by atomic mass is 9.92. The van der Waals surface area contributed by atoms with Crippen molar-refractivity contribution in [2.45, 2.75) is 83.4 Å². The Balaban J connectivity index is 1.24. The summed E-state index contributed by atoms with van der Waals surface area (Å²) in [5.74, 6) is 0.540. The zero-order chi connectivity index (χ0) is 29.3. The topological polar surface area (TPSA) is 110 Å². The summed E-state index contributed by atoms with van der Waals surface area (Å²) in [5.41, 5.74) is 3.19. The molecule has 42 heavy (non-hydrogen) atoms. The first-order chi connectivity index (χ1) is 20.2. The standard InChI is InChI=1S/C31H34FN7O2S/c1-31(2,3)41-30(40)39-19(16-26-36-23-11-4-5-12-24(23)37-26)8-6-9-20(39)17-27-38-28-25(34-18-35-29(28)42-27)14-13-22-21(32)10-7-15-33-22/h4-5,7,10-12,15,18-20H,6,8-9,13-14,16-17H2,1-3H3,(H,36,37). The number of hydrogen-bond acceptors (Lipinski definition) is 8. The number of thiazole rings is 1. The van der Waals surface area contributed by atoms with E-state index in [1.807, 2.05) is 49.9 Å². The molecule has 0 bridgehead atoms. The van der Waals surface area contributed by atoms with E-state index < -0.39 is 5.60 Å². The van der Waals surface area contributed by atoms with Gasteiger partial charge in [-0.1, -0.05) is 23.5 Å². The number of H-pyrrole nitrogens is 1. The lowest BCUT2D eigenvalue weighted by Crippen LogP contribution is -2.53. The predicted octanol–water partition coefficient (Wildman–Crippen LogP) is 6.23. The molecule has 218 valence electrons. The first-order valence-electron chi connectivity index (χ1n) is 14.4. The van der Waals surface area contributed by atoms with Crippen molar-refractivity contribution >= 4 is 38.8 Å². The summed E-state index contributed by atoms with van der Waals surface area (Å²) in [6.07, 6.45) is 7.65. The molecule has 2 unspecified atom stereocenters. The van der Waals surface area contributed by atoms with Gasteiger partial charge in [0.25, 0.3) is 0 Å². The van der Waals surface area contributed by atoms with Crippen molar-refractivity contribution < 1.29 is 13.9 Å². The van der Waals surface area contributed by atoms with Crippen LogP contribution in [0.2, 0.25) is 0 Å². The van der Waals surface area contributed by atoms with Gasteiger partial charge >= 0.3 is 6.09 Å². The number of piperidine rings is 1. The Kier molecular flexibility index (Phi) is 7.85. The van der Waals surface area contributed by atoms with Crippen LogP contribution in [0.25, 0.3) is 21.4 Å². The highest BCUT2D eigenvalue weighted by molar-refractivity contribution is 7.18. The van der Waals surface area contributed by atoms with Crippen LogP contribution in [0.1, 0.15) is 62.3 Å². The van der Waals surface area contributed by atoms with Gasteiger partial charge in [0.2, 0.25) is 0 Å². The Morgan fingerprint density at radius 1 is 1.02 bits per heavy atom. The fourth-order valence-corrected chi connectivity index (χ4v) is 6.65. The average Bonchev–Trinajstić information content (AvgIpc) is 3.55. The number of carbonyl (C=O) groups excluding carboxylic acids is 1. The van der Waals surface area contributed by atoms with Crippen LogP contribution in [-0.4, -0.2) is 58.6 Å². The molecule has 9 nitrogen and oxygen atoms in total. The number of aromatic nitrogens is 6. The van der Waals surface area contributed by atoms with Gasteiger partial charge in [0.05, 0.1) is 27.4 Å². The summed E-state index contributed by atoms with van der Waals surface area (Å²) in [4.78, 5) is 42.6. The molecule has 1 amide bonds. The zero-order valence-electron chi connectivity index (χ0n) is 24.0. The molecule has 1 saturated heterocycles. The normalized spacial score (nSPS) is 17.7. The number of nitrogens with zero attached hydrogens (tertiary/aromatic N) is 6. The molecule has 0 spiro atoms. The van der Waals surface area contributed by atoms with Gasteiger partial charge in [-0.05, 0) is 77.1 Å². The van der Waals surface area contributed by atoms with Crippen molar-refractivity contribution in [1.82, 2.24) is 34.8 Å². The largest absolute Gasteiger partial charge is 0.444 e.